The largest absolute Gasteiger partial charge is 0.424 e. The van der Waals surface area contributed by atoms with Gasteiger partial charge in [0.15, 0.2) is 5.58 Å². The molecule has 2 aromatic heterocycles. The number of fused-ring (bicyclic) bond motifs is 2. The third kappa shape index (κ3) is 2.89. The summed E-state index contributed by atoms with van der Waals surface area (Å²) in [6.45, 7) is 0. The number of aromatic nitrogens is 2. The van der Waals surface area contributed by atoms with Crippen molar-refractivity contribution in [2.45, 2.75) is 38.1 Å². The minimum atomic E-state index is 0.494. The first-order chi connectivity index (χ1) is 12.3. The molecule has 0 spiro atoms. The monoisotopic (exact) mass is 349 g/mol. The molecule has 5 heteroatoms. The first-order valence-corrected chi connectivity index (χ1v) is 9.74. The van der Waals surface area contributed by atoms with Gasteiger partial charge in [-0.05, 0) is 48.2 Å². The molecule has 1 saturated carbocycles. The van der Waals surface area contributed by atoms with Crippen molar-refractivity contribution in [3.05, 3.63) is 41.9 Å². The van der Waals surface area contributed by atoms with Crippen LogP contribution in [0.15, 0.2) is 46.3 Å². The summed E-state index contributed by atoms with van der Waals surface area (Å²) in [6.07, 6.45) is 6.34. The number of hydrogen-bond acceptors (Lipinski definition) is 5. The number of hydrogen-bond donors (Lipinski definition) is 1. The van der Waals surface area contributed by atoms with E-state index in [9.17, 15) is 0 Å². The van der Waals surface area contributed by atoms with Crippen LogP contribution in [0.25, 0.3) is 32.4 Å². The van der Waals surface area contributed by atoms with Crippen LogP contribution in [0, 0.1) is 0 Å². The Morgan fingerprint density at radius 3 is 2.64 bits per heavy atom. The molecule has 2 aromatic carbocycles. The van der Waals surface area contributed by atoms with Gasteiger partial charge in [0.2, 0.25) is 0 Å². The summed E-state index contributed by atoms with van der Waals surface area (Å²) in [5.74, 6) is 0. The zero-order valence-electron chi connectivity index (χ0n) is 13.9. The summed E-state index contributed by atoms with van der Waals surface area (Å²) in [7, 11) is 0. The SMILES string of the molecule is c1nc2cc(-c3ccc4oc(NC5CCCCC5)nc4c3)ccc2s1. The Labute approximate surface area is 149 Å². The first kappa shape index (κ1) is 14.9. The van der Waals surface area contributed by atoms with Gasteiger partial charge in [0.25, 0.3) is 6.01 Å². The molecule has 0 bridgehead atoms. The first-order valence-electron chi connectivity index (χ1n) is 8.86. The lowest BCUT2D eigenvalue weighted by Crippen LogP contribution is -2.22. The molecule has 4 aromatic rings. The topological polar surface area (TPSA) is 51.0 Å². The van der Waals surface area contributed by atoms with Crippen LogP contribution in [-0.4, -0.2) is 16.0 Å². The Balaban J connectivity index is 1.46. The van der Waals surface area contributed by atoms with Gasteiger partial charge in [-0.2, -0.15) is 4.98 Å². The second-order valence-corrected chi connectivity index (χ2v) is 7.60. The Bertz CT molecular complexity index is 1030. The molecular weight excluding hydrogens is 330 g/mol. The molecular formula is C20H19N3OS. The number of nitrogens with one attached hydrogen (secondary N) is 1. The Morgan fingerprint density at radius 2 is 1.76 bits per heavy atom. The lowest BCUT2D eigenvalue weighted by Gasteiger charge is -2.21. The van der Waals surface area contributed by atoms with Crippen molar-refractivity contribution in [1.82, 2.24) is 9.97 Å². The molecule has 0 aliphatic heterocycles. The van der Waals surface area contributed by atoms with Crippen LogP contribution in [0.1, 0.15) is 32.1 Å². The molecule has 0 radical (unpaired) electrons. The lowest BCUT2D eigenvalue weighted by molar-refractivity contribution is 0.451. The average Bonchev–Trinajstić information content (AvgIpc) is 3.27. The zero-order chi connectivity index (χ0) is 16.6. The van der Waals surface area contributed by atoms with Gasteiger partial charge in [-0.3, -0.25) is 0 Å². The highest BCUT2D eigenvalue weighted by Gasteiger charge is 2.16. The molecule has 0 atom stereocenters. The predicted octanol–water partition coefficient (Wildman–Crippen LogP) is 5.85. The molecule has 1 N–H and O–H groups in total. The van der Waals surface area contributed by atoms with E-state index in [1.165, 1.54) is 36.8 Å². The second kappa shape index (κ2) is 6.15. The minimum Gasteiger partial charge on any atom is -0.424 e. The van der Waals surface area contributed by atoms with Gasteiger partial charge in [-0.25, -0.2) is 4.98 Å². The van der Waals surface area contributed by atoms with Gasteiger partial charge in [0.1, 0.15) is 5.52 Å². The van der Waals surface area contributed by atoms with Crippen LogP contribution in [0.2, 0.25) is 0 Å². The van der Waals surface area contributed by atoms with E-state index in [1.807, 2.05) is 11.6 Å². The maximum atomic E-state index is 5.89. The highest BCUT2D eigenvalue weighted by molar-refractivity contribution is 7.16. The molecule has 1 aliphatic rings. The van der Waals surface area contributed by atoms with Crippen molar-refractivity contribution in [2.24, 2.45) is 0 Å². The number of anilines is 1. The summed E-state index contributed by atoms with van der Waals surface area (Å²) in [5.41, 5.74) is 6.96. The standard InChI is InChI=1S/C20H19N3OS/c1-2-4-15(5-3-1)22-20-23-16-10-13(6-8-18(16)24-20)14-7-9-19-17(11-14)21-12-25-19/h6-12,15H,1-5H2,(H,22,23). The fourth-order valence-electron chi connectivity index (χ4n) is 3.63. The van der Waals surface area contributed by atoms with Crippen LogP contribution in [-0.2, 0) is 0 Å². The predicted molar refractivity (Wildman–Crippen MR) is 103 cm³/mol. The van der Waals surface area contributed by atoms with Crippen molar-refractivity contribution in [2.75, 3.05) is 5.32 Å². The van der Waals surface area contributed by atoms with E-state index in [0.29, 0.717) is 12.1 Å². The highest BCUT2D eigenvalue weighted by Crippen LogP contribution is 2.30. The van der Waals surface area contributed by atoms with Crippen LogP contribution >= 0.6 is 11.3 Å². The van der Waals surface area contributed by atoms with Gasteiger partial charge in [0, 0.05) is 6.04 Å². The second-order valence-electron chi connectivity index (χ2n) is 6.72. The number of nitrogens with zero attached hydrogens (tertiary/aromatic N) is 2. The number of benzene rings is 2. The van der Waals surface area contributed by atoms with Gasteiger partial charge in [-0.15, -0.1) is 11.3 Å². The molecule has 0 unspecified atom stereocenters. The van der Waals surface area contributed by atoms with Crippen molar-refractivity contribution in [1.29, 1.82) is 0 Å². The zero-order valence-corrected chi connectivity index (χ0v) is 14.7. The summed E-state index contributed by atoms with van der Waals surface area (Å²) in [6, 6.07) is 13.7. The van der Waals surface area contributed by atoms with E-state index < -0.39 is 0 Å². The van der Waals surface area contributed by atoms with E-state index in [1.54, 1.807) is 11.3 Å². The molecule has 4 nitrogen and oxygen atoms in total. The van der Waals surface area contributed by atoms with Crippen LogP contribution in [0.4, 0.5) is 6.01 Å². The van der Waals surface area contributed by atoms with Crippen molar-refractivity contribution in [3.8, 4) is 11.1 Å². The molecule has 25 heavy (non-hydrogen) atoms. The van der Waals surface area contributed by atoms with Crippen LogP contribution in [0.3, 0.4) is 0 Å². The number of oxazole rings is 1. The van der Waals surface area contributed by atoms with Crippen LogP contribution in [0.5, 0.6) is 0 Å². The quantitative estimate of drug-likeness (QED) is 0.504. The van der Waals surface area contributed by atoms with Gasteiger partial charge in [-0.1, -0.05) is 31.4 Å². The van der Waals surface area contributed by atoms with E-state index >= 15 is 0 Å². The molecule has 1 aliphatic carbocycles. The molecule has 126 valence electrons. The molecule has 2 heterocycles. The smallest absolute Gasteiger partial charge is 0.295 e. The summed E-state index contributed by atoms with van der Waals surface area (Å²) in [4.78, 5) is 9.06. The van der Waals surface area contributed by atoms with E-state index in [-0.39, 0.29) is 0 Å². The normalized spacial score (nSPS) is 15.8. The summed E-state index contributed by atoms with van der Waals surface area (Å²) >= 11 is 1.67. The van der Waals surface area contributed by atoms with Crippen molar-refractivity contribution >= 4 is 38.7 Å². The fraction of sp³-hybridized carbons (Fsp3) is 0.300. The number of thiazole rings is 1. The Hall–Kier alpha value is -2.40. The minimum absolute atomic E-state index is 0.494. The molecule has 1 fully saturated rings. The van der Waals surface area contributed by atoms with Crippen LogP contribution < -0.4 is 5.32 Å². The van der Waals surface area contributed by atoms with Gasteiger partial charge < -0.3 is 9.73 Å². The average molecular weight is 349 g/mol. The van der Waals surface area contributed by atoms with Gasteiger partial charge in [0.05, 0.1) is 15.7 Å². The van der Waals surface area contributed by atoms with E-state index in [2.05, 4.69) is 45.6 Å². The van der Waals surface area contributed by atoms with Gasteiger partial charge >= 0.3 is 0 Å². The lowest BCUT2D eigenvalue weighted by atomic mass is 9.96. The summed E-state index contributed by atoms with van der Waals surface area (Å²) < 4.78 is 7.10. The Morgan fingerprint density at radius 1 is 0.960 bits per heavy atom. The molecule has 0 saturated heterocycles. The number of rotatable bonds is 3. The maximum absolute atomic E-state index is 5.89. The van der Waals surface area contributed by atoms with Crippen molar-refractivity contribution in [3.63, 3.8) is 0 Å². The third-order valence-corrected chi connectivity index (χ3v) is 5.79. The van der Waals surface area contributed by atoms with E-state index in [4.69, 9.17) is 4.42 Å². The summed E-state index contributed by atoms with van der Waals surface area (Å²) in [5, 5.41) is 3.46. The third-order valence-electron chi connectivity index (χ3n) is 4.98. The molecule has 5 rings (SSSR count). The fourth-order valence-corrected chi connectivity index (χ4v) is 4.29. The Kier molecular flexibility index (Phi) is 3.67. The highest BCUT2D eigenvalue weighted by atomic mass is 32.1. The van der Waals surface area contributed by atoms with E-state index in [0.717, 1.165) is 27.7 Å². The molecule has 0 amide bonds. The maximum Gasteiger partial charge on any atom is 0.295 e. The van der Waals surface area contributed by atoms with Crippen molar-refractivity contribution < 1.29 is 4.42 Å².